The first-order valence-electron chi connectivity index (χ1n) is 8.04. The average Bonchev–Trinajstić information content (AvgIpc) is 3.19. The van der Waals surface area contributed by atoms with Gasteiger partial charge in [0.05, 0.1) is 18.9 Å². The van der Waals surface area contributed by atoms with Crippen LogP contribution in [0.2, 0.25) is 0 Å². The second kappa shape index (κ2) is 5.37. The van der Waals surface area contributed by atoms with Crippen molar-refractivity contribution in [1.29, 1.82) is 0 Å². The second-order valence-corrected chi connectivity index (χ2v) is 6.55. The standard InChI is InChI=1S/C16H21N3O2/c20-15(13-6-12(13)10-4-2-1-3-5-10)19-16-17-7-11-8-21-9-14(11)18-16/h7,10,12-13H,1-6,8-9H2,(H,17,18,19,20). The van der Waals surface area contributed by atoms with E-state index < -0.39 is 0 Å². The predicted molar refractivity (Wildman–Crippen MR) is 77.3 cm³/mol. The Balaban J connectivity index is 1.36. The molecule has 0 spiro atoms. The van der Waals surface area contributed by atoms with Crippen LogP contribution in [0.1, 0.15) is 49.8 Å². The zero-order chi connectivity index (χ0) is 14.2. The lowest BCUT2D eigenvalue weighted by Crippen LogP contribution is -2.19. The van der Waals surface area contributed by atoms with E-state index in [9.17, 15) is 4.79 Å². The molecular formula is C16H21N3O2. The van der Waals surface area contributed by atoms with E-state index in [-0.39, 0.29) is 11.8 Å². The van der Waals surface area contributed by atoms with Gasteiger partial charge in [-0.1, -0.05) is 32.1 Å². The van der Waals surface area contributed by atoms with E-state index in [1.54, 1.807) is 6.20 Å². The van der Waals surface area contributed by atoms with Crippen LogP contribution in [-0.2, 0) is 22.7 Å². The minimum atomic E-state index is 0.101. The van der Waals surface area contributed by atoms with Gasteiger partial charge in [0.2, 0.25) is 11.9 Å². The molecule has 2 aliphatic carbocycles. The van der Waals surface area contributed by atoms with Crippen molar-refractivity contribution in [1.82, 2.24) is 9.97 Å². The Morgan fingerprint density at radius 3 is 2.95 bits per heavy atom. The average molecular weight is 287 g/mol. The summed E-state index contributed by atoms with van der Waals surface area (Å²) >= 11 is 0. The van der Waals surface area contributed by atoms with Gasteiger partial charge in [-0.15, -0.1) is 0 Å². The van der Waals surface area contributed by atoms with Crippen LogP contribution in [0.25, 0.3) is 0 Å². The molecule has 1 aliphatic heterocycles. The van der Waals surface area contributed by atoms with Gasteiger partial charge in [-0.2, -0.15) is 0 Å². The van der Waals surface area contributed by atoms with Crippen LogP contribution in [0.15, 0.2) is 6.20 Å². The molecule has 1 aromatic heterocycles. The number of anilines is 1. The van der Waals surface area contributed by atoms with Gasteiger partial charge in [0.1, 0.15) is 0 Å². The lowest BCUT2D eigenvalue weighted by molar-refractivity contribution is -0.117. The van der Waals surface area contributed by atoms with Gasteiger partial charge in [0.25, 0.3) is 0 Å². The Morgan fingerprint density at radius 2 is 2.10 bits per heavy atom. The van der Waals surface area contributed by atoms with Gasteiger partial charge in [0.15, 0.2) is 0 Å². The number of carbonyl (C=O) groups excluding carboxylic acids is 1. The van der Waals surface area contributed by atoms with Crippen LogP contribution in [0.5, 0.6) is 0 Å². The lowest BCUT2D eigenvalue weighted by atomic mass is 9.85. The molecular weight excluding hydrogens is 266 g/mol. The molecule has 2 heterocycles. The minimum absolute atomic E-state index is 0.101. The smallest absolute Gasteiger partial charge is 0.230 e. The molecule has 5 nitrogen and oxygen atoms in total. The number of ether oxygens (including phenoxy) is 1. The summed E-state index contributed by atoms with van der Waals surface area (Å²) in [5.74, 6) is 2.08. The number of amides is 1. The summed E-state index contributed by atoms with van der Waals surface area (Å²) in [6.07, 6.45) is 9.46. The Kier molecular flexibility index (Phi) is 3.37. The van der Waals surface area contributed by atoms with E-state index in [4.69, 9.17) is 4.74 Å². The highest BCUT2D eigenvalue weighted by atomic mass is 16.5. The molecule has 1 N–H and O–H groups in total. The zero-order valence-electron chi connectivity index (χ0n) is 12.2. The Hall–Kier alpha value is -1.49. The maximum Gasteiger partial charge on any atom is 0.230 e. The summed E-state index contributed by atoms with van der Waals surface area (Å²) in [5, 5.41) is 2.89. The SMILES string of the molecule is O=C(Nc1ncc2c(n1)COC2)C1CC1C1CCCCC1. The summed E-state index contributed by atoms with van der Waals surface area (Å²) in [5.41, 5.74) is 1.93. The fraction of sp³-hybridized carbons (Fsp3) is 0.688. The Bertz CT molecular complexity index is 554. The number of aromatic nitrogens is 2. The molecule has 1 aromatic rings. The van der Waals surface area contributed by atoms with Gasteiger partial charge >= 0.3 is 0 Å². The maximum absolute atomic E-state index is 12.3. The number of carbonyl (C=O) groups is 1. The summed E-state index contributed by atoms with van der Waals surface area (Å²) < 4.78 is 5.32. The maximum atomic E-state index is 12.3. The van der Waals surface area contributed by atoms with Crippen molar-refractivity contribution < 1.29 is 9.53 Å². The molecule has 21 heavy (non-hydrogen) atoms. The van der Waals surface area contributed by atoms with E-state index in [0.717, 1.165) is 23.6 Å². The van der Waals surface area contributed by atoms with Gasteiger partial charge in [0, 0.05) is 17.7 Å². The molecule has 112 valence electrons. The van der Waals surface area contributed by atoms with E-state index in [1.807, 2.05) is 0 Å². The molecule has 3 aliphatic rings. The molecule has 2 saturated carbocycles. The summed E-state index contributed by atoms with van der Waals surface area (Å²) in [6.45, 7) is 1.10. The first-order valence-corrected chi connectivity index (χ1v) is 8.04. The molecule has 1 amide bonds. The van der Waals surface area contributed by atoms with Crippen molar-refractivity contribution in [2.24, 2.45) is 17.8 Å². The normalized spacial score (nSPS) is 28.2. The van der Waals surface area contributed by atoms with E-state index in [0.29, 0.717) is 25.1 Å². The van der Waals surface area contributed by atoms with Crippen LogP contribution < -0.4 is 5.32 Å². The third-order valence-electron chi connectivity index (χ3n) is 5.12. The van der Waals surface area contributed by atoms with Crippen molar-refractivity contribution in [2.45, 2.75) is 51.7 Å². The van der Waals surface area contributed by atoms with Crippen LogP contribution >= 0.6 is 0 Å². The van der Waals surface area contributed by atoms with Crippen molar-refractivity contribution in [3.8, 4) is 0 Å². The molecule has 0 aromatic carbocycles. The third-order valence-corrected chi connectivity index (χ3v) is 5.12. The van der Waals surface area contributed by atoms with Gasteiger partial charge in [-0.05, 0) is 18.3 Å². The van der Waals surface area contributed by atoms with Crippen molar-refractivity contribution in [3.63, 3.8) is 0 Å². The van der Waals surface area contributed by atoms with E-state index in [2.05, 4.69) is 15.3 Å². The monoisotopic (exact) mass is 287 g/mol. The second-order valence-electron chi connectivity index (χ2n) is 6.55. The fourth-order valence-electron chi connectivity index (χ4n) is 3.81. The van der Waals surface area contributed by atoms with Crippen molar-refractivity contribution in [2.75, 3.05) is 5.32 Å². The van der Waals surface area contributed by atoms with E-state index in [1.165, 1.54) is 32.1 Å². The lowest BCUT2D eigenvalue weighted by Gasteiger charge is -2.21. The number of hydrogen-bond acceptors (Lipinski definition) is 4. The topological polar surface area (TPSA) is 64.1 Å². The summed E-state index contributed by atoms with van der Waals surface area (Å²) in [7, 11) is 0. The van der Waals surface area contributed by atoms with Crippen LogP contribution in [0.3, 0.4) is 0 Å². The quantitative estimate of drug-likeness (QED) is 0.928. The number of nitrogens with one attached hydrogen (secondary N) is 1. The highest BCUT2D eigenvalue weighted by Gasteiger charge is 2.47. The highest BCUT2D eigenvalue weighted by Crippen LogP contribution is 2.49. The molecule has 4 rings (SSSR count). The van der Waals surface area contributed by atoms with Crippen molar-refractivity contribution in [3.05, 3.63) is 17.5 Å². The molecule has 0 saturated heterocycles. The van der Waals surface area contributed by atoms with Gasteiger partial charge < -0.3 is 4.74 Å². The predicted octanol–water partition coefficient (Wildman–Crippen LogP) is 2.66. The Morgan fingerprint density at radius 1 is 1.24 bits per heavy atom. The fourth-order valence-corrected chi connectivity index (χ4v) is 3.81. The number of rotatable bonds is 3. The highest BCUT2D eigenvalue weighted by molar-refractivity contribution is 5.93. The first-order chi connectivity index (χ1) is 10.3. The first kappa shape index (κ1) is 13.2. The third kappa shape index (κ3) is 2.67. The van der Waals surface area contributed by atoms with E-state index >= 15 is 0 Å². The molecule has 2 fully saturated rings. The number of fused-ring (bicyclic) bond motifs is 1. The van der Waals surface area contributed by atoms with Crippen LogP contribution in [0, 0.1) is 17.8 Å². The minimum Gasteiger partial charge on any atom is -0.370 e. The van der Waals surface area contributed by atoms with Crippen LogP contribution in [0.4, 0.5) is 5.95 Å². The number of hydrogen-bond donors (Lipinski definition) is 1. The molecule has 2 unspecified atom stereocenters. The Labute approximate surface area is 124 Å². The molecule has 0 bridgehead atoms. The van der Waals surface area contributed by atoms with Gasteiger partial charge in [-0.3, -0.25) is 10.1 Å². The van der Waals surface area contributed by atoms with Gasteiger partial charge in [-0.25, -0.2) is 9.97 Å². The van der Waals surface area contributed by atoms with Crippen molar-refractivity contribution >= 4 is 11.9 Å². The summed E-state index contributed by atoms with van der Waals surface area (Å²) in [4.78, 5) is 20.9. The molecule has 5 heteroatoms. The molecule has 2 atom stereocenters. The van der Waals surface area contributed by atoms with Crippen LogP contribution in [-0.4, -0.2) is 15.9 Å². The molecule has 0 radical (unpaired) electrons. The summed E-state index contributed by atoms with van der Waals surface area (Å²) in [6, 6.07) is 0. The zero-order valence-corrected chi connectivity index (χ0v) is 12.2. The largest absolute Gasteiger partial charge is 0.370 e. The number of nitrogens with zero attached hydrogens (tertiary/aromatic N) is 2.